The molecule has 1 aromatic carbocycles. The molecule has 0 radical (unpaired) electrons. The summed E-state index contributed by atoms with van der Waals surface area (Å²) in [5.74, 6) is 0.0783. The summed E-state index contributed by atoms with van der Waals surface area (Å²) < 4.78 is 24.3. The van der Waals surface area contributed by atoms with Gasteiger partial charge in [-0.1, -0.05) is 12.1 Å². The van der Waals surface area contributed by atoms with Crippen LogP contribution in [0.3, 0.4) is 0 Å². The Morgan fingerprint density at radius 1 is 1.31 bits per heavy atom. The van der Waals surface area contributed by atoms with Crippen molar-refractivity contribution in [3.8, 4) is 17.0 Å². The summed E-state index contributed by atoms with van der Waals surface area (Å²) in [6.07, 6.45) is 2.98. The molecule has 0 aliphatic rings. The first-order valence-electron chi connectivity index (χ1n) is 8.30. The second kappa shape index (κ2) is 7.11. The van der Waals surface area contributed by atoms with Gasteiger partial charge in [-0.25, -0.2) is 19.2 Å². The van der Waals surface area contributed by atoms with Crippen LogP contribution in [0.15, 0.2) is 36.8 Å². The maximum atomic E-state index is 13.7. The van der Waals surface area contributed by atoms with Gasteiger partial charge in [0.15, 0.2) is 0 Å². The Kier molecular flexibility index (Phi) is 4.88. The average molecular weight is 357 g/mol. The molecular formula is C19H20FN3O3. The van der Waals surface area contributed by atoms with Crippen molar-refractivity contribution in [1.29, 1.82) is 0 Å². The fraction of sp³-hybridized carbons (Fsp3) is 0.316. The standard InChI is InChI=1S/C19H20FN3O3/c1-4-25-18(24)14-9-21-17-15(14)16(22-11-23-17)12-6-5-7-13(8-12)26-10-19(2,3)20/h5-9,11H,4,10H2,1-3H3,(H,21,22,23). The topological polar surface area (TPSA) is 77.1 Å². The molecule has 0 aliphatic heterocycles. The summed E-state index contributed by atoms with van der Waals surface area (Å²) in [4.78, 5) is 23.7. The average Bonchev–Trinajstić information content (AvgIpc) is 3.04. The molecule has 136 valence electrons. The smallest absolute Gasteiger partial charge is 0.340 e. The van der Waals surface area contributed by atoms with Gasteiger partial charge in [0.25, 0.3) is 0 Å². The van der Waals surface area contributed by atoms with Crippen LogP contribution in [-0.2, 0) is 4.74 Å². The van der Waals surface area contributed by atoms with Crippen molar-refractivity contribution < 1.29 is 18.7 Å². The number of aromatic nitrogens is 3. The quantitative estimate of drug-likeness (QED) is 0.677. The van der Waals surface area contributed by atoms with Crippen molar-refractivity contribution in [3.63, 3.8) is 0 Å². The van der Waals surface area contributed by atoms with Gasteiger partial charge in [0.1, 0.15) is 30.0 Å². The normalized spacial score (nSPS) is 11.5. The van der Waals surface area contributed by atoms with Crippen molar-refractivity contribution >= 4 is 17.0 Å². The van der Waals surface area contributed by atoms with Crippen LogP contribution in [0.1, 0.15) is 31.1 Å². The first kappa shape index (κ1) is 17.8. The van der Waals surface area contributed by atoms with Gasteiger partial charge in [-0.05, 0) is 32.9 Å². The van der Waals surface area contributed by atoms with Gasteiger partial charge in [0, 0.05) is 11.8 Å². The number of hydrogen-bond donors (Lipinski definition) is 1. The zero-order valence-corrected chi connectivity index (χ0v) is 14.9. The summed E-state index contributed by atoms with van der Waals surface area (Å²) >= 11 is 0. The molecular weight excluding hydrogens is 337 g/mol. The third kappa shape index (κ3) is 3.82. The minimum atomic E-state index is -1.43. The number of aromatic amines is 1. The lowest BCUT2D eigenvalue weighted by Gasteiger charge is -2.15. The second-order valence-corrected chi connectivity index (χ2v) is 6.40. The SMILES string of the molecule is CCOC(=O)c1c[nH]c2ncnc(-c3cccc(OCC(C)(C)F)c3)c12. The maximum absolute atomic E-state index is 13.7. The number of halogens is 1. The first-order chi connectivity index (χ1) is 12.4. The lowest BCUT2D eigenvalue weighted by molar-refractivity contribution is 0.0528. The molecule has 0 unspecified atom stereocenters. The van der Waals surface area contributed by atoms with Crippen LogP contribution in [0.4, 0.5) is 4.39 Å². The van der Waals surface area contributed by atoms with Gasteiger partial charge in [-0.2, -0.15) is 0 Å². The third-order valence-electron chi connectivity index (χ3n) is 3.65. The third-order valence-corrected chi connectivity index (χ3v) is 3.65. The van der Waals surface area contributed by atoms with Crippen LogP contribution in [0, 0.1) is 0 Å². The van der Waals surface area contributed by atoms with Gasteiger partial charge in [0.05, 0.1) is 23.3 Å². The summed E-state index contributed by atoms with van der Waals surface area (Å²) in [7, 11) is 0. The molecule has 0 spiro atoms. The molecule has 1 N–H and O–H groups in total. The molecule has 3 aromatic rings. The summed E-state index contributed by atoms with van der Waals surface area (Å²) in [6, 6.07) is 7.14. The molecule has 0 atom stereocenters. The number of ether oxygens (including phenoxy) is 2. The summed E-state index contributed by atoms with van der Waals surface area (Å²) in [5.41, 5.74) is 0.777. The molecule has 0 saturated heterocycles. The predicted molar refractivity (Wildman–Crippen MR) is 96.0 cm³/mol. The molecule has 6 nitrogen and oxygen atoms in total. The van der Waals surface area contributed by atoms with E-state index in [4.69, 9.17) is 9.47 Å². The number of esters is 1. The highest BCUT2D eigenvalue weighted by Crippen LogP contribution is 2.30. The Morgan fingerprint density at radius 3 is 2.85 bits per heavy atom. The zero-order valence-electron chi connectivity index (χ0n) is 14.9. The fourth-order valence-electron chi connectivity index (χ4n) is 2.54. The lowest BCUT2D eigenvalue weighted by atomic mass is 10.1. The molecule has 2 aromatic heterocycles. The van der Waals surface area contributed by atoms with Crippen molar-refractivity contribution in [2.45, 2.75) is 26.4 Å². The van der Waals surface area contributed by atoms with Gasteiger partial charge in [-0.3, -0.25) is 0 Å². The van der Waals surface area contributed by atoms with E-state index in [1.54, 1.807) is 31.3 Å². The molecule has 0 aliphatic carbocycles. The number of alkyl halides is 1. The number of hydrogen-bond acceptors (Lipinski definition) is 5. The number of carbonyl (C=O) groups excluding carboxylic acids is 1. The van der Waals surface area contributed by atoms with Crippen molar-refractivity contribution in [3.05, 3.63) is 42.4 Å². The largest absolute Gasteiger partial charge is 0.490 e. The Hall–Kier alpha value is -2.96. The van der Waals surface area contributed by atoms with Gasteiger partial charge < -0.3 is 14.5 Å². The molecule has 26 heavy (non-hydrogen) atoms. The molecule has 0 bridgehead atoms. The van der Waals surface area contributed by atoms with Crippen molar-refractivity contribution in [2.24, 2.45) is 0 Å². The molecule has 0 fully saturated rings. The maximum Gasteiger partial charge on any atom is 0.340 e. The number of nitrogens with zero attached hydrogens (tertiary/aromatic N) is 2. The Balaban J connectivity index is 2.03. The zero-order chi connectivity index (χ0) is 18.7. The van der Waals surface area contributed by atoms with Gasteiger partial charge in [-0.15, -0.1) is 0 Å². The Morgan fingerprint density at radius 2 is 2.12 bits per heavy atom. The van der Waals surface area contributed by atoms with E-state index in [0.717, 1.165) is 5.56 Å². The van der Waals surface area contributed by atoms with Crippen LogP contribution in [0.25, 0.3) is 22.3 Å². The van der Waals surface area contributed by atoms with E-state index in [1.807, 2.05) is 6.07 Å². The number of nitrogens with one attached hydrogen (secondary N) is 1. The van der Waals surface area contributed by atoms with Crippen LogP contribution in [0.5, 0.6) is 5.75 Å². The van der Waals surface area contributed by atoms with Crippen LogP contribution in [0.2, 0.25) is 0 Å². The second-order valence-electron chi connectivity index (χ2n) is 6.40. The highest BCUT2D eigenvalue weighted by molar-refractivity contribution is 6.08. The molecule has 0 saturated carbocycles. The highest BCUT2D eigenvalue weighted by atomic mass is 19.1. The van der Waals surface area contributed by atoms with E-state index in [-0.39, 0.29) is 13.2 Å². The van der Waals surface area contributed by atoms with E-state index < -0.39 is 11.6 Å². The lowest BCUT2D eigenvalue weighted by Crippen LogP contribution is -2.22. The fourth-order valence-corrected chi connectivity index (χ4v) is 2.54. The summed E-state index contributed by atoms with van der Waals surface area (Å²) in [6.45, 7) is 4.87. The van der Waals surface area contributed by atoms with Crippen molar-refractivity contribution in [2.75, 3.05) is 13.2 Å². The molecule has 7 heteroatoms. The number of benzene rings is 1. The number of carbonyl (C=O) groups is 1. The number of H-pyrrole nitrogens is 1. The van der Waals surface area contributed by atoms with E-state index in [1.165, 1.54) is 20.2 Å². The predicted octanol–water partition coefficient (Wildman–Crippen LogP) is 3.93. The monoisotopic (exact) mass is 357 g/mol. The van der Waals surface area contributed by atoms with Gasteiger partial charge >= 0.3 is 5.97 Å². The van der Waals surface area contributed by atoms with Crippen molar-refractivity contribution in [1.82, 2.24) is 15.0 Å². The number of fused-ring (bicyclic) bond motifs is 1. The summed E-state index contributed by atoms with van der Waals surface area (Å²) in [5, 5.41) is 0.578. The van der Waals surface area contributed by atoms with E-state index in [2.05, 4.69) is 15.0 Å². The molecule has 3 rings (SSSR count). The van der Waals surface area contributed by atoms with Crippen LogP contribution < -0.4 is 4.74 Å². The molecule has 2 heterocycles. The number of rotatable bonds is 6. The van der Waals surface area contributed by atoms with Gasteiger partial charge in [0.2, 0.25) is 0 Å². The minimum Gasteiger partial charge on any atom is -0.490 e. The highest BCUT2D eigenvalue weighted by Gasteiger charge is 2.20. The van der Waals surface area contributed by atoms with E-state index >= 15 is 0 Å². The molecule has 0 amide bonds. The van der Waals surface area contributed by atoms with Crippen LogP contribution in [-0.4, -0.2) is 39.8 Å². The van der Waals surface area contributed by atoms with E-state index in [9.17, 15) is 9.18 Å². The minimum absolute atomic E-state index is 0.0616. The van der Waals surface area contributed by atoms with E-state index in [0.29, 0.717) is 28.0 Å². The first-order valence-corrected chi connectivity index (χ1v) is 8.30. The Labute approximate surface area is 150 Å². The Bertz CT molecular complexity index is 931. The van der Waals surface area contributed by atoms with Crippen LogP contribution >= 0.6 is 0 Å².